The monoisotopic (exact) mass is 381 g/mol. The first-order valence-electron chi connectivity index (χ1n) is 8.39. The van der Waals surface area contributed by atoms with E-state index in [4.69, 9.17) is 10.2 Å². The molecule has 0 spiro atoms. The third kappa shape index (κ3) is 8.21. The molecule has 0 saturated carbocycles. The summed E-state index contributed by atoms with van der Waals surface area (Å²) < 4.78 is 0. The summed E-state index contributed by atoms with van der Waals surface area (Å²) in [6, 6.07) is 0. The minimum atomic E-state index is -1.25. The van der Waals surface area contributed by atoms with Crippen LogP contribution in [0.2, 0.25) is 0 Å². The van der Waals surface area contributed by atoms with Gasteiger partial charge in [-0.3, -0.25) is 19.2 Å². The van der Waals surface area contributed by atoms with Crippen LogP contribution in [0.3, 0.4) is 0 Å². The Bertz CT molecular complexity index is 664. The van der Waals surface area contributed by atoms with Gasteiger partial charge in [-0.2, -0.15) is 0 Å². The number of carboxylic acid groups (broad SMARTS) is 4. The summed E-state index contributed by atoms with van der Waals surface area (Å²) in [6.07, 6.45) is 7.64. The molecule has 1 rings (SSSR count). The Morgan fingerprint density at radius 1 is 0.815 bits per heavy atom. The van der Waals surface area contributed by atoms with Gasteiger partial charge in [0, 0.05) is 11.9 Å². The second-order valence-corrected chi connectivity index (χ2v) is 6.29. The molecule has 9 heteroatoms. The maximum absolute atomic E-state index is 11.4. The lowest BCUT2D eigenvalue weighted by Crippen LogP contribution is -2.26. The summed E-state index contributed by atoms with van der Waals surface area (Å²) in [6.45, 7) is 0. The van der Waals surface area contributed by atoms with Gasteiger partial charge in [0.2, 0.25) is 0 Å². The minimum Gasteiger partial charge on any atom is -0.481 e. The topological polar surface area (TPSA) is 161 Å². The molecule has 3 atom stereocenters. The molecule has 0 aromatic rings. The molecule has 1 aliphatic heterocycles. The summed E-state index contributed by atoms with van der Waals surface area (Å²) in [4.78, 5) is 44.5. The summed E-state index contributed by atoms with van der Waals surface area (Å²) in [7, 11) is 0. The lowest BCUT2D eigenvalue weighted by molar-refractivity contribution is -0.149. The van der Waals surface area contributed by atoms with Crippen LogP contribution in [0.1, 0.15) is 32.1 Å². The van der Waals surface area contributed by atoms with E-state index in [0.29, 0.717) is 5.70 Å². The van der Waals surface area contributed by atoms with Gasteiger partial charge >= 0.3 is 23.9 Å². The standard InChI is InChI=1S/C18H23NO8/c20-15(21)9-12(17(24)25)6-5-11(14-4-2-1-3-7-19-14)8-13(18(26)27)10-16(22)23/h1-4,7,11-13,19H,5-6,8-10H2,(H,20,21)(H,22,23)(H,24,25)(H,26,27). The summed E-state index contributed by atoms with van der Waals surface area (Å²) in [5.74, 6) is -7.67. The SMILES string of the molecule is O=C(O)CC(CCC(CC(CC(=O)O)C(=O)O)C1=CC=CC=CN1)C(=O)O. The molecule has 0 aromatic heterocycles. The third-order valence-electron chi connectivity index (χ3n) is 4.26. The highest BCUT2D eigenvalue weighted by Gasteiger charge is 2.29. The highest BCUT2D eigenvalue weighted by atomic mass is 16.4. The van der Waals surface area contributed by atoms with Crippen molar-refractivity contribution < 1.29 is 39.6 Å². The fourth-order valence-electron chi connectivity index (χ4n) is 2.88. The van der Waals surface area contributed by atoms with Crippen LogP contribution in [-0.2, 0) is 19.2 Å². The normalized spacial score (nSPS) is 16.4. The van der Waals surface area contributed by atoms with E-state index >= 15 is 0 Å². The fourth-order valence-corrected chi connectivity index (χ4v) is 2.88. The van der Waals surface area contributed by atoms with Crippen LogP contribution in [0.5, 0.6) is 0 Å². The maximum atomic E-state index is 11.4. The molecule has 9 nitrogen and oxygen atoms in total. The highest BCUT2D eigenvalue weighted by Crippen LogP contribution is 2.29. The van der Waals surface area contributed by atoms with Crippen LogP contribution < -0.4 is 5.32 Å². The van der Waals surface area contributed by atoms with E-state index in [1.807, 2.05) is 0 Å². The Balaban J connectivity index is 2.97. The zero-order chi connectivity index (χ0) is 20.4. The van der Waals surface area contributed by atoms with Crippen LogP contribution in [-0.4, -0.2) is 44.3 Å². The zero-order valence-corrected chi connectivity index (χ0v) is 14.6. The van der Waals surface area contributed by atoms with Crippen molar-refractivity contribution in [2.45, 2.75) is 32.1 Å². The molecular formula is C18H23NO8. The number of carbonyl (C=O) groups is 4. The van der Waals surface area contributed by atoms with E-state index in [9.17, 15) is 29.4 Å². The van der Waals surface area contributed by atoms with Gasteiger partial charge in [-0.25, -0.2) is 0 Å². The van der Waals surface area contributed by atoms with Gasteiger partial charge in [0.15, 0.2) is 0 Å². The van der Waals surface area contributed by atoms with Gasteiger partial charge < -0.3 is 25.7 Å². The zero-order valence-electron chi connectivity index (χ0n) is 14.6. The Morgan fingerprint density at radius 2 is 1.41 bits per heavy atom. The molecule has 27 heavy (non-hydrogen) atoms. The van der Waals surface area contributed by atoms with Gasteiger partial charge in [0.1, 0.15) is 0 Å². The minimum absolute atomic E-state index is 0.0123. The average molecular weight is 381 g/mol. The van der Waals surface area contributed by atoms with Crippen molar-refractivity contribution in [3.63, 3.8) is 0 Å². The van der Waals surface area contributed by atoms with Crippen LogP contribution in [0.15, 0.2) is 36.2 Å². The number of carboxylic acids is 4. The van der Waals surface area contributed by atoms with Crippen molar-refractivity contribution in [2.24, 2.45) is 17.8 Å². The number of hydrogen-bond donors (Lipinski definition) is 5. The summed E-state index contributed by atoms with van der Waals surface area (Å²) in [5, 5.41) is 39.3. The number of allylic oxidation sites excluding steroid dienone is 5. The van der Waals surface area contributed by atoms with Crippen LogP contribution in [0, 0.1) is 17.8 Å². The molecule has 0 saturated heterocycles. The largest absolute Gasteiger partial charge is 0.481 e. The quantitative estimate of drug-likeness (QED) is 0.338. The van der Waals surface area contributed by atoms with E-state index < -0.39 is 54.5 Å². The first kappa shape index (κ1) is 21.9. The molecule has 5 N–H and O–H groups in total. The number of hydrogen-bond acceptors (Lipinski definition) is 5. The van der Waals surface area contributed by atoms with Gasteiger partial charge in [0.25, 0.3) is 0 Å². The van der Waals surface area contributed by atoms with Crippen LogP contribution >= 0.6 is 0 Å². The summed E-state index contributed by atoms with van der Waals surface area (Å²) >= 11 is 0. The van der Waals surface area contributed by atoms with Crippen LogP contribution in [0.4, 0.5) is 0 Å². The molecule has 0 radical (unpaired) electrons. The van der Waals surface area contributed by atoms with Gasteiger partial charge in [-0.15, -0.1) is 0 Å². The van der Waals surface area contributed by atoms with Gasteiger partial charge in [-0.1, -0.05) is 12.2 Å². The predicted octanol–water partition coefficient (Wildman–Crippen LogP) is 1.68. The molecule has 148 valence electrons. The van der Waals surface area contributed by atoms with Gasteiger partial charge in [0.05, 0.1) is 24.7 Å². The second-order valence-electron chi connectivity index (χ2n) is 6.29. The molecule has 1 heterocycles. The first-order valence-corrected chi connectivity index (χ1v) is 8.39. The second kappa shape index (κ2) is 10.8. The van der Waals surface area contributed by atoms with E-state index in [2.05, 4.69) is 5.32 Å². The number of rotatable bonds is 12. The number of nitrogens with one attached hydrogen (secondary N) is 1. The van der Waals surface area contributed by atoms with E-state index in [0.717, 1.165) is 0 Å². The fraction of sp³-hybridized carbons (Fsp3) is 0.444. The van der Waals surface area contributed by atoms with Gasteiger partial charge in [-0.05, 0) is 37.3 Å². The summed E-state index contributed by atoms with van der Waals surface area (Å²) in [5.41, 5.74) is 0.621. The average Bonchev–Trinajstić information content (AvgIpc) is 2.84. The Kier molecular flexibility index (Phi) is 8.77. The Morgan fingerprint density at radius 3 is 1.96 bits per heavy atom. The molecular weight excluding hydrogens is 358 g/mol. The molecule has 0 amide bonds. The molecule has 0 aromatic carbocycles. The number of aliphatic carboxylic acids is 4. The lowest BCUT2D eigenvalue weighted by atomic mass is 9.84. The molecule has 3 unspecified atom stereocenters. The van der Waals surface area contributed by atoms with E-state index in [1.54, 1.807) is 30.5 Å². The maximum Gasteiger partial charge on any atom is 0.307 e. The molecule has 0 aliphatic carbocycles. The lowest BCUT2D eigenvalue weighted by Gasteiger charge is -2.24. The third-order valence-corrected chi connectivity index (χ3v) is 4.26. The highest BCUT2D eigenvalue weighted by molar-refractivity contribution is 5.78. The van der Waals surface area contributed by atoms with E-state index in [1.165, 1.54) is 0 Å². The molecule has 0 fully saturated rings. The Labute approximate surface area is 155 Å². The first-order chi connectivity index (χ1) is 12.7. The predicted molar refractivity (Wildman–Crippen MR) is 93.6 cm³/mol. The van der Waals surface area contributed by atoms with Crippen LogP contribution in [0.25, 0.3) is 0 Å². The molecule has 1 aliphatic rings. The van der Waals surface area contributed by atoms with E-state index in [-0.39, 0.29) is 19.3 Å². The van der Waals surface area contributed by atoms with Crippen molar-refractivity contribution in [1.29, 1.82) is 0 Å². The van der Waals surface area contributed by atoms with Crippen molar-refractivity contribution in [3.05, 3.63) is 36.2 Å². The van der Waals surface area contributed by atoms with Crippen molar-refractivity contribution in [1.82, 2.24) is 5.32 Å². The smallest absolute Gasteiger partial charge is 0.307 e. The Hall–Kier alpha value is -3.10. The van der Waals surface area contributed by atoms with Crippen molar-refractivity contribution in [3.8, 4) is 0 Å². The molecule has 0 bridgehead atoms. The van der Waals surface area contributed by atoms with Crippen molar-refractivity contribution >= 4 is 23.9 Å². The van der Waals surface area contributed by atoms with Crippen molar-refractivity contribution in [2.75, 3.05) is 0 Å².